The number of alkyl halides is 2. The molecule has 0 aromatic heterocycles. The Labute approximate surface area is 145 Å². The normalized spacial score (nSPS) is 21.4. The highest BCUT2D eigenvalue weighted by atomic mass is 32.2. The van der Waals surface area contributed by atoms with Gasteiger partial charge in [0.25, 0.3) is 15.9 Å². The Bertz CT molecular complexity index is 879. The van der Waals surface area contributed by atoms with Gasteiger partial charge in [-0.3, -0.25) is 0 Å². The Kier molecular flexibility index (Phi) is 4.60. The van der Waals surface area contributed by atoms with E-state index in [-0.39, 0.29) is 23.7 Å². The number of halogens is 2. The van der Waals surface area contributed by atoms with Gasteiger partial charge in [-0.25, -0.2) is 0 Å². The molecule has 2 aromatic rings. The van der Waals surface area contributed by atoms with Crippen molar-refractivity contribution in [3.8, 4) is 0 Å². The van der Waals surface area contributed by atoms with Crippen molar-refractivity contribution in [1.29, 1.82) is 0 Å². The van der Waals surface area contributed by atoms with Crippen LogP contribution in [0.2, 0.25) is 0 Å². The summed E-state index contributed by atoms with van der Waals surface area (Å²) < 4.78 is 52.8. The zero-order valence-corrected chi connectivity index (χ0v) is 14.4. The monoisotopic (exact) mass is 364 g/mol. The lowest BCUT2D eigenvalue weighted by Crippen LogP contribution is -2.27. The molecule has 1 aliphatic rings. The average Bonchev–Trinajstić information content (AvgIpc) is 2.89. The van der Waals surface area contributed by atoms with Crippen LogP contribution < -0.4 is 4.83 Å². The van der Waals surface area contributed by atoms with Crippen LogP contribution in [0.15, 0.2) is 64.6 Å². The molecule has 0 saturated heterocycles. The smallest absolute Gasteiger partial charge is 0.200 e. The zero-order valence-electron chi connectivity index (χ0n) is 13.6. The van der Waals surface area contributed by atoms with Crippen LogP contribution in [0.5, 0.6) is 0 Å². The predicted octanol–water partition coefficient (Wildman–Crippen LogP) is 3.84. The maximum Gasteiger partial charge on any atom is 0.288 e. The second kappa shape index (κ2) is 6.55. The molecule has 4 nitrogen and oxygen atoms in total. The fourth-order valence-electron chi connectivity index (χ4n) is 2.86. The van der Waals surface area contributed by atoms with E-state index >= 15 is 0 Å². The summed E-state index contributed by atoms with van der Waals surface area (Å²) in [5, 5.41) is 3.55. The standard InChI is InChI=1S/C18H18F2N2O2S/c1-13-7-9-16(10-8-13)25(23,24)22-21-17-11-15(12-18(17,19)20)14-5-3-2-4-6-14/h2-10,15,22H,11-12H2,1H3. The zero-order chi connectivity index (χ0) is 18.1. The molecule has 1 aliphatic carbocycles. The summed E-state index contributed by atoms with van der Waals surface area (Å²) in [4.78, 5) is 1.93. The lowest BCUT2D eigenvalue weighted by Gasteiger charge is -2.10. The molecule has 0 heterocycles. The van der Waals surface area contributed by atoms with Crippen LogP contribution in [0, 0.1) is 6.92 Å². The predicted molar refractivity (Wildman–Crippen MR) is 92.3 cm³/mol. The molecule has 0 radical (unpaired) electrons. The summed E-state index contributed by atoms with van der Waals surface area (Å²) >= 11 is 0. The van der Waals surface area contributed by atoms with E-state index in [0.717, 1.165) is 11.1 Å². The SMILES string of the molecule is Cc1ccc(S(=O)(=O)NN=C2CC(c3ccccc3)CC2(F)F)cc1. The van der Waals surface area contributed by atoms with Crippen LogP contribution in [-0.4, -0.2) is 20.1 Å². The van der Waals surface area contributed by atoms with Gasteiger partial charge in [0.2, 0.25) is 0 Å². The van der Waals surface area contributed by atoms with E-state index in [1.54, 1.807) is 36.4 Å². The minimum atomic E-state index is -3.97. The van der Waals surface area contributed by atoms with Crippen molar-refractivity contribution in [1.82, 2.24) is 4.83 Å². The molecule has 1 atom stereocenters. The van der Waals surface area contributed by atoms with E-state index in [4.69, 9.17) is 0 Å². The number of benzene rings is 2. The number of sulfonamides is 1. The Morgan fingerprint density at radius 2 is 1.72 bits per heavy atom. The number of hydrogen-bond donors (Lipinski definition) is 1. The Morgan fingerprint density at radius 1 is 1.08 bits per heavy atom. The minimum absolute atomic E-state index is 0.0108. The molecule has 0 amide bonds. The van der Waals surface area contributed by atoms with Crippen LogP contribution in [0.4, 0.5) is 8.78 Å². The molecule has 0 bridgehead atoms. The molecule has 1 fully saturated rings. The molecule has 132 valence electrons. The van der Waals surface area contributed by atoms with Crippen molar-refractivity contribution in [2.45, 2.75) is 36.5 Å². The molecule has 1 N–H and O–H groups in total. The minimum Gasteiger partial charge on any atom is -0.200 e. The largest absolute Gasteiger partial charge is 0.288 e. The molecule has 3 rings (SSSR count). The Hall–Kier alpha value is -2.28. The summed E-state index contributed by atoms with van der Waals surface area (Å²) in [5.74, 6) is -3.50. The molecule has 1 saturated carbocycles. The third-order valence-electron chi connectivity index (χ3n) is 4.27. The maximum absolute atomic E-state index is 14.2. The lowest BCUT2D eigenvalue weighted by molar-refractivity contribution is 0.0754. The molecule has 1 unspecified atom stereocenters. The average molecular weight is 364 g/mol. The number of rotatable bonds is 4. The third-order valence-corrected chi connectivity index (χ3v) is 5.49. The summed E-state index contributed by atoms with van der Waals surface area (Å²) in [6.45, 7) is 1.83. The van der Waals surface area contributed by atoms with Gasteiger partial charge in [0.1, 0.15) is 5.71 Å². The van der Waals surface area contributed by atoms with Crippen molar-refractivity contribution < 1.29 is 17.2 Å². The number of nitrogens with one attached hydrogen (secondary N) is 1. The van der Waals surface area contributed by atoms with Crippen LogP contribution in [0.25, 0.3) is 0 Å². The quantitative estimate of drug-likeness (QED) is 0.838. The van der Waals surface area contributed by atoms with Gasteiger partial charge in [-0.15, -0.1) is 0 Å². The van der Waals surface area contributed by atoms with Gasteiger partial charge >= 0.3 is 0 Å². The number of nitrogens with zero attached hydrogens (tertiary/aromatic N) is 1. The van der Waals surface area contributed by atoms with Gasteiger partial charge in [0.05, 0.1) is 4.90 Å². The highest BCUT2D eigenvalue weighted by molar-refractivity contribution is 7.89. The highest BCUT2D eigenvalue weighted by Crippen LogP contribution is 2.42. The van der Waals surface area contributed by atoms with Gasteiger partial charge in [-0.2, -0.15) is 27.1 Å². The summed E-state index contributed by atoms with van der Waals surface area (Å²) in [5.41, 5.74) is 1.27. The second-order valence-corrected chi connectivity index (χ2v) is 7.85. The lowest BCUT2D eigenvalue weighted by atomic mass is 9.98. The van der Waals surface area contributed by atoms with E-state index in [9.17, 15) is 17.2 Å². The molecule has 0 spiro atoms. The van der Waals surface area contributed by atoms with Gasteiger partial charge in [0.15, 0.2) is 0 Å². The Morgan fingerprint density at radius 3 is 2.36 bits per heavy atom. The maximum atomic E-state index is 14.2. The van der Waals surface area contributed by atoms with Gasteiger partial charge in [0, 0.05) is 12.8 Å². The number of aryl methyl sites for hydroxylation is 1. The van der Waals surface area contributed by atoms with Crippen LogP contribution in [0.1, 0.15) is 29.9 Å². The van der Waals surface area contributed by atoms with Gasteiger partial charge < -0.3 is 0 Å². The molecular formula is C18H18F2N2O2S. The molecular weight excluding hydrogens is 346 g/mol. The third kappa shape index (κ3) is 3.87. The highest BCUT2D eigenvalue weighted by Gasteiger charge is 2.46. The fraction of sp³-hybridized carbons (Fsp3) is 0.278. The topological polar surface area (TPSA) is 58.5 Å². The van der Waals surface area contributed by atoms with Crippen molar-refractivity contribution in [3.63, 3.8) is 0 Å². The van der Waals surface area contributed by atoms with E-state index in [0.29, 0.717) is 0 Å². The van der Waals surface area contributed by atoms with Crippen molar-refractivity contribution in [3.05, 3.63) is 65.7 Å². The van der Waals surface area contributed by atoms with Gasteiger partial charge in [-0.05, 0) is 30.5 Å². The molecule has 0 aliphatic heterocycles. The van der Waals surface area contributed by atoms with E-state index < -0.39 is 21.7 Å². The van der Waals surface area contributed by atoms with Crippen LogP contribution in [-0.2, 0) is 10.0 Å². The van der Waals surface area contributed by atoms with Crippen molar-refractivity contribution in [2.24, 2.45) is 5.10 Å². The number of hydrazone groups is 1. The van der Waals surface area contributed by atoms with Crippen LogP contribution in [0.3, 0.4) is 0 Å². The van der Waals surface area contributed by atoms with E-state index in [1.807, 2.05) is 17.8 Å². The van der Waals surface area contributed by atoms with Gasteiger partial charge in [-0.1, -0.05) is 48.0 Å². The van der Waals surface area contributed by atoms with Crippen molar-refractivity contribution >= 4 is 15.7 Å². The summed E-state index contributed by atoms with van der Waals surface area (Å²) in [6, 6.07) is 15.1. The van der Waals surface area contributed by atoms with E-state index in [1.165, 1.54) is 12.1 Å². The van der Waals surface area contributed by atoms with Crippen LogP contribution >= 0.6 is 0 Å². The fourth-order valence-corrected chi connectivity index (χ4v) is 3.69. The van der Waals surface area contributed by atoms with Crippen molar-refractivity contribution in [2.75, 3.05) is 0 Å². The first-order chi connectivity index (χ1) is 11.8. The Balaban J connectivity index is 1.79. The summed E-state index contributed by atoms with van der Waals surface area (Å²) in [7, 11) is -3.97. The summed E-state index contributed by atoms with van der Waals surface area (Å²) in [6.07, 6.45) is -0.352. The molecule has 7 heteroatoms. The first-order valence-corrected chi connectivity index (χ1v) is 9.34. The molecule has 25 heavy (non-hydrogen) atoms. The first kappa shape index (κ1) is 17.5. The van der Waals surface area contributed by atoms with E-state index in [2.05, 4.69) is 5.10 Å². The molecule has 2 aromatic carbocycles. The second-order valence-electron chi connectivity index (χ2n) is 6.19. The number of hydrogen-bond acceptors (Lipinski definition) is 3. The first-order valence-electron chi connectivity index (χ1n) is 7.86.